The second kappa shape index (κ2) is 37.2. The number of ether oxygens (including phenoxy) is 4. The van der Waals surface area contributed by atoms with Gasteiger partial charge in [0.25, 0.3) is 0 Å². The molecule has 0 radical (unpaired) electrons. The van der Waals surface area contributed by atoms with E-state index in [9.17, 15) is 29.1 Å². The zero-order valence-corrected chi connectivity index (χ0v) is 47.1. The van der Waals surface area contributed by atoms with Gasteiger partial charge in [0.05, 0.1) is 14.2 Å². The van der Waals surface area contributed by atoms with E-state index >= 15 is 0 Å². The van der Waals surface area contributed by atoms with Gasteiger partial charge in [0.2, 0.25) is 9.23 Å². The number of hydrogen-bond acceptors (Lipinski definition) is 14. The number of aliphatic carboxylic acids is 1. The van der Waals surface area contributed by atoms with Crippen molar-refractivity contribution in [1.82, 2.24) is 26.6 Å². The number of nitrogens with one attached hydrogen (secondary N) is 5. The first-order valence-electron chi connectivity index (χ1n) is 24.9. The maximum atomic E-state index is 12.4. The van der Waals surface area contributed by atoms with Gasteiger partial charge in [0, 0.05) is 74.0 Å². The zero-order chi connectivity index (χ0) is 58.3. The Labute approximate surface area is 478 Å². The lowest BCUT2D eigenvalue weighted by atomic mass is 9.98. The van der Waals surface area contributed by atoms with E-state index in [1.807, 2.05) is 60.7 Å². The van der Waals surface area contributed by atoms with Crippen LogP contribution >= 0.6 is 21.4 Å². The first-order chi connectivity index (χ1) is 37.9. The van der Waals surface area contributed by atoms with Crippen LogP contribution in [0.1, 0.15) is 80.0 Å². The van der Waals surface area contributed by atoms with Gasteiger partial charge in [-0.25, -0.2) is 23.4 Å². The number of hydrogen-bond donors (Lipinski definition) is 10. The lowest BCUT2D eigenvalue weighted by Gasteiger charge is -2.18. The number of rotatable bonds is 21. The molecule has 3 atom stereocenters. The van der Waals surface area contributed by atoms with Gasteiger partial charge in [0.15, 0.2) is 17.9 Å². The van der Waals surface area contributed by atoms with Crippen molar-refractivity contribution in [2.75, 3.05) is 68.2 Å². The number of amides is 2. The highest BCUT2D eigenvalue weighted by Crippen LogP contribution is 2.45. The number of carbonyl (C=O) groups excluding carboxylic acids is 4. The third-order valence-electron chi connectivity index (χ3n) is 12.2. The Hall–Kier alpha value is -7.67. The van der Waals surface area contributed by atoms with E-state index in [1.165, 1.54) is 14.2 Å². The van der Waals surface area contributed by atoms with E-state index in [0.717, 1.165) is 50.9 Å². The van der Waals surface area contributed by atoms with Crippen LogP contribution in [0.15, 0.2) is 112 Å². The van der Waals surface area contributed by atoms with Crippen molar-refractivity contribution in [3.63, 3.8) is 0 Å². The minimum absolute atomic E-state index is 0. The molecule has 14 N–H and O–H groups in total. The molecule has 6 rings (SSSR count). The molecule has 2 amide bonds. The fourth-order valence-corrected chi connectivity index (χ4v) is 8.30. The number of halogens is 2. The molecule has 4 aromatic carbocycles. The minimum atomic E-state index is -1.67. The summed E-state index contributed by atoms with van der Waals surface area (Å²) in [5, 5.41) is 23.1. The molecule has 2 aliphatic rings. The van der Waals surface area contributed by atoms with Crippen molar-refractivity contribution in [3.8, 4) is 22.3 Å². The topological polar surface area (TPSA) is 361 Å². The quantitative estimate of drug-likeness (QED) is 0.0129. The van der Waals surface area contributed by atoms with Crippen LogP contribution in [-0.2, 0) is 42.6 Å². The number of benzene rings is 4. The number of alkyl carbamates (subject to hydrolysis) is 2. The monoisotopic (exact) mass is 1170 g/mol. The Balaban J connectivity index is 0.000000418. The van der Waals surface area contributed by atoms with Crippen LogP contribution in [-0.4, -0.2) is 144 Å². The molecule has 0 aliphatic heterocycles. The maximum Gasteiger partial charge on any atom is 0.407 e. The third kappa shape index (κ3) is 23.0. The predicted molar refractivity (Wildman–Crippen MR) is 315 cm³/mol. The molecule has 438 valence electrons. The highest BCUT2D eigenvalue weighted by molar-refractivity contribution is 8.26. The summed E-state index contributed by atoms with van der Waals surface area (Å²) in [5.74, 6) is -1.15. The fourth-order valence-electron chi connectivity index (χ4n) is 8.30. The van der Waals surface area contributed by atoms with E-state index in [0.29, 0.717) is 57.2 Å². The first-order valence-corrected chi connectivity index (χ1v) is 27.7. The summed E-state index contributed by atoms with van der Waals surface area (Å²) >= 11 is 0. The fraction of sp³-hybridized carbons (Fsp3) is 0.407. The van der Waals surface area contributed by atoms with Crippen LogP contribution in [0.5, 0.6) is 0 Å². The average molecular weight is 1170 g/mol. The van der Waals surface area contributed by atoms with Crippen molar-refractivity contribution in [3.05, 3.63) is 119 Å². The second-order valence-electron chi connectivity index (χ2n) is 17.3. The van der Waals surface area contributed by atoms with Crippen LogP contribution in [0.4, 0.5) is 9.59 Å². The van der Waals surface area contributed by atoms with Crippen molar-refractivity contribution in [1.29, 1.82) is 0 Å². The van der Waals surface area contributed by atoms with E-state index < -0.39 is 51.5 Å². The lowest BCUT2D eigenvalue weighted by molar-refractivity contribution is -0.143. The SMILES string of the molecule is C.CN=C(N)NCCC[C@H](N)C(=O)OC.CN=C(N)NCCC[C@H](NC(=O)OCC1c2ccccc2-c2ccccc21)C(=O)O.CN=C(N)NCCC[C@H](NC(=O)OCC1c2ccccc2-c2ccccc21)C(=O)OC.O=S(Cl)Cl. The van der Waals surface area contributed by atoms with Crippen molar-refractivity contribution >= 4 is 78.6 Å². The van der Waals surface area contributed by atoms with Gasteiger partial charge in [-0.15, -0.1) is 0 Å². The first kappa shape index (κ1) is 68.4. The molecule has 0 saturated carbocycles. The predicted octanol–water partition coefficient (Wildman–Crippen LogP) is 5.15. The molecular weight excluding hydrogens is 1100 g/mol. The van der Waals surface area contributed by atoms with Gasteiger partial charge in [-0.3, -0.25) is 19.8 Å². The van der Waals surface area contributed by atoms with Crippen LogP contribution < -0.4 is 49.5 Å². The summed E-state index contributed by atoms with van der Waals surface area (Å²) in [7, 11) is 14.7. The zero-order valence-electron chi connectivity index (χ0n) is 44.7. The molecule has 80 heavy (non-hydrogen) atoms. The van der Waals surface area contributed by atoms with Crippen LogP contribution in [0, 0.1) is 0 Å². The maximum absolute atomic E-state index is 12.4. The van der Waals surface area contributed by atoms with Crippen LogP contribution in [0.25, 0.3) is 22.3 Å². The molecular formula is C54H76Cl2N12O11S. The number of methoxy groups -OCH3 is 2. The standard InChI is InChI=1S/C23H28N4O4.C22H26N4O4.C8H18N4O2.CH4.Cl2OS/c1-25-22(24)26-13-7-12-20(21(28)30-2)27-23(29)31-14-19-17-10-5-3-8-15(17)16-9-4-6-11-18(16)19;1-24-21(23)25-12-6-11-19(20(27)28)26-22(29)30-13-18-16-9-4-2-7-14(16)15-8-3-5-10-17(15)18;1-11-8(10)12-5-3-4-6(9)7(13)14-2;;1-4(2)3/h3-6,8-11,19-20H,7,12-14H2,1-2H3,(H,27,29)(H3,24,25,26);2-5,7-10,18-19H,6,11-13H2,1H3,(H,26,29)(H,27,28)(H3,23,24,25);6H,3-5,9H2,1-2H3,(H3,10,11,12);1H4;/t20-;19-;6-;;/m000../s1. The normalized spacial score (nSPS) is 13.3. The Kier molecular flexibility index (Phi) is 31.9. The number of guanidine groups is 3. The Bertz CT molecular complexity index is 2640. The Morgan fingerprint density at radius 3 is 1.18 bits per heavy atom. The number of esters is 2. The molecule has 0 fully saturated rings. The number of nitrogens with two attached hydrogens (primary N) is 4. The lowest BCUT2D eigenvalue weighted by Crippen LogP contribution is -2.42. The number of aliphatic imine (C=N–C) groups is 3. The summed E-state index contributed by atoms with van der Waals surface area (Å²) in [6.45, 7) is 1.94. The van der Waals surface area contributed by atoms with Gasteiger partial charge in [-0.2, -0.15) is 0 Å². The summed E-state index contributed by atoms with van der Waals surface area (Å²) in [6, 6.07) is 29.9. The molecule has 26 heteroatoms. The highest BCUT2D eigenvalue weighted by Gasteiger charge is 2.31. The van der Waals surface area contributed by atoms with Gasteiger partial charge >= 0.3 is 30.1 Å². The largest absolute Gasteiger partial charge is 0.480 e. The second-order valence-corrected chi connectivity index (χ2v) is 19.8. The molecule has 0 spiro atoms. The summed E-state index contributed by atoms with van der Waals surface area (Å²) in [6.07, 6.45) is 1.61. The average Bonchev–Trinajstić information content (AvgIpc) is 4.19. The molecule has 4 aromatic rings. The summed E-state index contributed by atoms with van der Waals surface area (Å²) < 4.78 is 29.3. The van der Waals surface area contributed by atoms with Crippen molar-refractivity contribution in [2.45, 2.75) is 75.9 Å². The third-order valence-corrected chi connectivity index (χ3v) is 12.2. The highest BCUT2D eigenvalue weighted by atomic mass is 36.0. The van der Waals surface area contributed by atoms with Gasteiger partial charge < -0.3 is 73.6 Å². The Morgan fingerprint density at radius 2 is 0.863 bits per heavy atom. The Morgan fingerprint density at radius 1 is 0.562 bits per heavy atom. The van der Waals surface area contributed by atoms with Crippen LogP contribution in [0.3, 0.4) is 0 Å². The number of carboxylic acid groups (broad SMARTS) is 1. The summed E-state index contributed by atoms with van der Waals surface area (Å²) in [4.78, 5) is 70.4. The molecule has 0 unspecified atom stereocenters. The van der Waals surface area contributed by atoms with Gasteiger partial charge in [-0.1, -0.05) is 104 Å². The smallest absolute Gasteiger partial charge is 0.407 e. The molecule has 2 aliphatic carbocycles. The molecule has 0 heterocycles. The van der Waals surface area contributed by atoms with E-state index in [-0.39, 0.29) is 50.8 Å². The van der Waals surface area contributed by atoms with E-state index in [1.54, 1.807) is 21.1 Å². The number of nitrogens with zero attached hydrogens (tertiary/aromatic N) is 3. The van der Waals surface area contributed by atoms with E-state index in [2.05, 4.69) is 104 Å². The van der Waals surface area contributed by atoms with Gasteiger partial charge in [0.1, 0.15) is 31.3 Å². The number of fused-ring (bicyclic) bond motifs is 6. The molecule has 0 aromatic heterocycles. The van der Waals surface area contributed by atoms with Gasteiger partial charge in [-0.05, 0) is 83.0 Å². The molecule has 0 bridgehead atoms. The number of carboxylic acids is 1. The van der Waals surface area contributed by atoms with E-state index in [4.69, 9.17) is 41.4 Å². The minimum Gasteiger partial charge on any atom is -0.480 e. The van der Waals surface area contributed by atoms with Crippen molar-refractivity contribution in [2.24, 2.45) is 37.9 Å². The molecule has 23 nitrogen and oxygen atoms in total. The molecule has 0 saturated heterocycles. The van der Waals surface area contributed by atoms with Crippen molar-refractivity contribution < 1.29 is 52.2 Å². The van der Waals surface area contributed by atoms with Crippen LogP contribution in [0.2, 0.25) is 0 Å². The number of carbonyl (C=O) groups is 5. The summed E-state index contributed by atoms with van der Waals surface area (Å²) in [5.41, 5.74) is 31.0.